The van der Waals surface area contributed by atoms with E-state index in [1.807, 2.05) is 35.2 Å². The van der Waals surface area contributed by atoms with Crippen LogP contribution in [0.15, 0.2) is 50.5 Å². The number of thiophene rings is 1. The second-order valence-electron chi connectivity index (χ2n) is 6.47. The standard InChI is InChI=1S/C18H22BrN3O3S2/c1-20(13-15-5-3-2-4-6-15)17(23)14-21-9-11-22(12-10-21)27(24,25)18-8-7-16(19)26-18/h2-8H,9-14H2,1H3. The fraction of sp³-hybridized carbons (Fsp3) is 0.389. The fourth-order valence-electron chi connectivity index (χ4n) is 2.95. The van der Waals surface area contributed by atoms with Crippen LogP contribution in [-0.4, -0.2) is 68.2 Å². The van der Waals surface area contributed by atoms with E-state index in [4.69, 9.17) is 0 Å². The van der Waals surface area contributed by atoms with Crippen LogP contribution in [0.25, 0.3) is 0 Å². The quantitative estimate of drug-likeness (QED) is 0.648. The summed E-state index contributed by atoms with van der Waals surface area (Å²) in [7, 11) is -1.65. The lowest BCUT2D eigenvalue weighted by atomic mass is 10.2. The maximum absolute atomic E-state index is 12.7. The van der Waals surface area contributed by atoms with E-state index in [2.05, 4.69) is 15.9 Å². The molecule has 0 atom stereocenters. The van der Waals surface area contributed by atoms with E-state index in [0.717, 1.165) is 9.35 Å². The highest BCUT2D eigenvalue weighted by Gasteiger charge is 2.30. The van der Waals surface area contributed by atoms with Crippen LogP contribution in [0.5, 0.6) is 0 Å². The molecule has 27 heavy (non-hydrogen) atoms. The maximum Gasteiger partial charge on any atom is 0.252 e. The number of carbonyl (C=O) groups excluding carboxylic acids is 1. The number of sulfonamides is 1. The van der Waals surface area contributed by atoms with Crippen LogP contribution in [0, 0.1) is 0 Å². The smallest absolute Gasteiger partial charge is 0.252 e. The van der Waals surface area contributed by atoms with Gasteiger partial charge in [0.25, 0.3) is 10.0 Å². The summed E-state index contributed by atoms with van der Waals surface area (Å²) in [5.41, 5.74) is 1.09. The van der Waals surface area contributed by atoms with Crippen molar-refractivity contribution in [3.63, 3.8) is 0 Å². The molecule has 1 aliphatic heterocycles. The summed E-state index contributed by atoms with van der Waals surface area (Å²) in [6.45, 7) is 2.78. The Morgan fingerprint density at radius 1 is 1.11 bits per heavy atom. The lowest BCUT2D eigenvalue weighted by Crippen LogP contribution is -2.51. The molecule has 0 N–H and O–H groups in total. The molecule has 0 radical (unpaired) electrons. The van der Waals surface area contributed by atoms with Crippen LogP contribution in [0.2, 0.25) is 0 Å². The minimum atomic E-state index is -3.45. The molecule has 2 aromatic rings. The molecule has 1 amide bonds. The Kier molecular flexibility index (Phi) is 6.69. The number of hydrogen-bond donors (Lipinski definition) is 0. The van der Waals surface area contributed by atoms with Crippen LogP contribution in [0.1, 0.15) is 5.56 Å². The molecule has 1 aliphatic rings. The predicted molar refractivity (Wildman–Crippen MR) is 110 cm³/mol. The Morgan fingerprint density at radius 2 is 1.78 bits per heavy atom. The van der Waals surface area contributed by atoms with Gasteiger partial charge in [-0.15, -0.1) is 11.3 Å². The number of rotatable bonds is 6. The van der Waals surface area contributed by atoms with Crippen LogP contribution < -0.4 is 0 Å². The molecule has 3 rings (SSSR count). The third kappa shape index (κ3) is 5.17. The highest BCUT2D eigenvalue weighted by atomic mass is 79.9. The van der Waals surface area contributed by atoms with Crippen molar-refractivity contribution in [1.82, 2.24) is 14.1 Å². The zero-order chi connectivity index (χ0) is 19.4. The highest BCUT2D eigenvalue weighted by Crippen LogP contribution is 2.28. The number of amides is 1. The summed E-state index contributed by atoms with van der Waals surface area (Å²) >= 11 is 4.52. The lowest BCUT2D eigenvalue weighted by molar-refractivity contribution is -0.131. The molecule has 146 valence electrons. The third-order valence-electron chi connectivity index (χ3n) is 4.52. The van der Waals surface area contributed by atoms with Crippen molar-refractivity contribution >= 4 is 43.2 Å². The molecule has 0 aliphatic carbocycles. The Bertz CT molecular complexity index is 878. The van der Waals surface area contributed by atoms with E-state index in [1.165, 1.54) is 15.6 Å². The zero-order valence-corrected chi connectivity index (χ0v) is 18.3. The van der Waals surface area contributed by atoms with Gasteiger partial charge in [-0.1, -0.05) is 30.3 Å². The fourth-order valence-corrected chi connectivity index (χ4v) is 6.54. The van der Waals surface area contributed by atoms with Crippen molar-refractivity contribution in [2.45, 2.75) is 10.8 Å². The van der Waals surface area contributed by atoms with Gasteiger partial charge in [-0.25, -0.2) is 8.42 Å². The Hall–Kier alpha value is -1.26. The van der Waals surface area contributed by atoms with E-state index in [0.29, 0.717) is 43.5 Å². The third-order valence-corrected chi connectivity index (χ3v) is 8.51. The number of carbonyl (C=O) groups is 1. The van der Waals surface area contributed by atoms with Gasteiger partial charge in [0.2, 0.25) is 5.91 Å². The molecule has 1 fully saturated rings. The van der Waals surface area contributed by atoms with Crippen LogP contribution in [-0.2, 0) is 21.4 Å². The average Bonchev–Trinajstić information content (AvgIpc) is 3.10. The first-order valence-corrected chi connectivity index (χ1v) is 11.7. The van der Waals surface area contributed by atoms with Crippen LogP contribution in [0.4, 0.5) is 0 Å². The SMILES string of the molecule is CN(Cc1ccccc1)C(=O)CN1CCN(S(=O)(=O)c2ccc(Br)s2)CC1. The van der Waals surface area contributed by atoms with Gasteiger partial charge < -0.3 is 4.90 Å². The molecular weight excluding hydrogens is 450 g/mol. The van der Waals surface area contributed by atoms with Crippen molar-refractivity contribution in [3.8, 4) is 0 Å². The van der Waals surface area contributed by atoms with Crippen molar-refractivity contribution < 1.29 is 13.2 Å². The van der Waals surface area contributed by atoms with Gasteiger partial charge in [0.05, 0.1) is 10.3 Å². The first kappa shape index (κ1) is 20.5. The number of likely N-dealkylation sites (N-methyl/N-ethyl adjacent to an activating group) is 1. The van der Waals surface area contributed by atoms with Gasteiger partial charge in [-0.3, -0.25) is 9.69 Å². The normalized spacial score (nSPS) is 16.4. The molecule has 0 spiro atoms. The summed E-state index contributed by atoms with van der Waals surface area (Å²) in [4.78, 5) is 16.2. The highest BCUT2D eigenvalue weighted by molar-refractivity contribution is 9.11. The maximum atomic E-state index is 12.7. The molecule has 1 aromatic carbocycles. The van der Waals surface area contributed by atoms with Crippen molar-refractivity contribution in [3.05, 3.63) is 51.8 Å². The average molecular weight is 472 g/mol. The monoisotopic (exact) mass is 471 g/mol. The van der Waals surface area contributed by atoms with Crippen LogP contribution in [0.3, 0.4) is 0 Å². The minimum absolute atomic E-state index is 0.0392. The van der Waals surface area contributed by atoms with E-state index < -0.39 is 10.0 Å². The van der Waals surface area contributed by atoms with Crippen molar-refractivity contribution in [2.24, 2.45) is 0 Å². The molecule has 0 unspecified atom stereocenters. The van der Waals surface area contributed by atoms with E-state index in [9.17, 15) is 13.2 Å². The van der Waals surface area contributed by atoms with Gasteiger partial charge in [0.1, 0.15) is 4.21 Å². The topological polar surface area (TPSA) is 60.9 Å². The van der Waals surface area contributed by atoms with Gasteiger partial charge >= 0.3 is 0 Å². The second-order valence-corrected chi connectivity index (χ2v) is 11.1. The van der Waals surface area contributed by atoms with Gasteiger partial charge in [-0.2, -0.15) is 4.31 Å². The molecule has 9 heteroatoms. The minimum Gasteiger partial charge on any atom is -0.340 e. The molecule has 0 bridgehead atoms. The number of benzene rings is 1. The second kappa shape index (κ2) is 8.83. The summed E-state index contributed by atoms with van der Waals surface area (Å²) < 4.78 is 28.0. The number of piperazine rings is 1. The summed E-state index contributed by atoms with van der Waals surface area (Å²) in [5.74, 6) is 0.0392. The number of halogens is 1. The molecule has 2 heterocycles. The Morgan fingerprint density at radius 3 is 2.37 bits per heavy atom. The molecule has 6 nitrogen and oxygen atoms in total. The summed E-state index contributed by atoms with van der Waals surface area (Å²) in [6.07, 6.45) is 0. The molecule has 1 aromatic heterocycles. The van der Waals surface area contributed by atoms with Crippen molar-refractivity contribution in [2.75, 3.05) is 39.8 Å². The van der Waals surface area contributed by atoms with Crippen LogP contribution >= 0.6 is 27.3 Å². The largest absolute Gasteiger partial charge is 0.340 e. The van der Waals surface area contributed by atoms with Crippen molar-refractivity contribution in [1.29, 1.82) is 0 Å². The summed E-state index contributed by atoms with van der Waals surface area (Å²) in [6, 6.07) is 13.2. The van der Waals surface area contributed by atoms with Gasteiger partial charge in [0, 0.05) is 39.8 Å². The van der Waals surface area contributed by atoms with E-state index in [1.54, 1.807) is 24.1 Å². The Labute approximate surface area is 172 Å². The van der Waals surface area contributed by atoms with E-state index >= 15 is 0 Å². The molecule has 1 saturated heterocycles. The Balaban J connectivity index is 1.51. The van der Waals surface area contributed by atoms with Gasteiger partial charge in [-0.05, 0) is 33.6 Å². The number of hydrogen-bond acceptors (Lipinski definition) is 5. The van der Waals surface area contributed by atoms with E-state index in [-0.39, 0.29) is 5.91 Å². The van der Waals surface area contributed by atoms with Gasteiger partial charge in [0.15, 0.2) is 0 Å². The first-order valence-electron chi connectivity index (χ1n) is 8.62. The zero-order valence-electron chi connectivity index (χ0n) is 15.0. The number of nitrogens with zero attached hydrogens (tertiary/aromatic N) is 3. The predicted octanol–water partition coefficient (Wildman–Crippen LogP) is 2.48. The summed E-state index contributed by atoms with van der Waals surface area (Å²) in [5, 5.41) is 0. The molecular formula is C18H22BrN3O3S2. The first-order chi connectivity index (χ1) is 12.9. The molecule has 0 saturated carbocycles. The lowest BCUT2D eigenvalue weighted by Gasteiger charge is -2.34.